The number of ketones is 3. The Morgan fingerprint density at radius 1 is 0.351 bits per heavy atom. The molecule has 0 saturated heterocycles. The molecule has 9 nitrogen and oxygen atoms in total. The summed E-state index contributed by atoms with van der Waals surface area (Å²) in [5.41, 5.74) is 3.16. The van der Waals surface area contributed by atoms with Gasteiger partial charge in [-0.3, -0.25) is 14.4 Å². The van der Waals surface area contributed by atoms with E-state index < -0.39 is 17.9 Å². The molecule has 12 heteroatoms. The first-order valence-electron chi connectivity index (χ1n) is 17.0. The summed E-state index contributed by atoms with van der Waals surface area (Å²) in [7, 11) is 0. The van der Waals surface area contributed by atoms with Crippen LogP contribution in [0.2, 0.25) is 0 Å². The smallest absolute Gasteiger partial charge is 0.335 e. The van der Waals surface area contributed by atoms with E-state index in [2.05, 4.69) is 37.9 Å². The molecule has 0 bridgehead atoms. The van der Waals surface area contributed by atoms with Crippen molar-refractivity contribution >= 4 is 73.1 Å². The SMILES string of the molecule is O=C(O)c1cccc(C(=O)c2ccccc2)c1.O=C(O)c1cccc(C(=O)c2ccccc2)c1.O=C(O)c1cccc(C(=O)c2ccccc2)c1.SCC(S)CS. The molecule has 0 unspecified atom stereocenters. The number of carbonyl (C=O) groups is 6. The predicted molar refractivity (Wildman–Crippen MR) is 230 cm³/mol. The van der Waals surface area contributed by atoms with Gasteiger partial charge in [-0.1, -0.05) is 127 Å². The van der Waals surface area contributed by atoms with Crippen molar-refractivity contribution in [1.82, 2.24) is 0 Å². The van der Waals surface area contributed by atoms with Crippen LogP contribution in [0.15, 0.2) is 164 Å². The lowest BCUT2D eigenvalue weighted by atomic mass is 10.0. The number of rotatable bonds is 11. The van der Waals surface area contributed by atoms with E-state index >= 15 is 0 Å². The maximum absolute atomic E-state index is 12.0. The molecule has 0 spiro atoms. The second kappa shape index (κ2) is 23.7. The van der Waals surface area contributed by atoms with Gasteiger partial charge in [-0.2, -0.15) is 37.9 Å². The van der Waals surface area contributed by atoms with Crippen molar-refractivity contribution in [2.75, 3.05) is 11.5 Å². The second-order valence-corrected chi connectivity index (χ2v) is 13.2. The summed E-state index contributed by atoms with van der Waals surface area (Å²) in [6, 6.07) is 44.4. The Hall–Kier alpha value is -6.21. The zero-order chi connectivity index (χ0) is 41.7. The second-order valence-electron chi connectivity index (χ2n) is 11.8. The van der Waals surface area contributed by atoms with Crippen LogP contribution in [-0.4, -0.2) is 67.3 Å². The summed E-state index contributed by atoms with van der Waals surface area (Å²) in [4.78, 5) is 68.5. The van der Waals surface area contributed by atoms with Crippen molar-refractivity contribution in [1.29, 1.82) is 0 Å². The summed E-state index contributed by atoms with van der Waals surface area (Å²) in [6.45, 7) is 0. The zero-order valence-electron chi connectivity index (χ0n) is 30.2. The lowest BCUT2D eigenvalue weighted by molar-refractivity contribution is 0.0686. The summed E-state index contributed by atoms with van der Waals surface area (Å²) in [5, 5.41) is 26.9. The highest BCUT2D eigenvalue weighted by Gasteiger charge is 2.13. The number of thiol groups is 3. The Kier molecular flexibility index (Phi) is 18.7. The molecular formula is C45H38O9S3. The third-order valence-corrected chi connectivity index (χ3v) is 9.47. The van der Waals surface area contributed by atoms with Crippen LogP contribution in [-0.2, 0) is 0 Å². The van der Waals surface area contributed by atoms with Gasteiger partial charge < -0.3 is 15.3 Å². The van der Waals surface area contributed by atoms with Crippen LogP contribution in [0.3, 0.4) is 0 Å². The van der Waals surface area contributed by atoms with Crippen molar-refractivity contribution < 1.29 is 44.1 Å². The monoisotopic (exact) mass is 818 g/mol. The third kappa shape index (κ3) is 14.8. The van der Waals surface area contributed by atoms with E-state index in [0.29, 0.717) is 38.6 Å². The Labute approximate surface area is 346 Å². The number of aromatic carboxylic acids is 3. The number of hydrogen-bond acceptors (Lipinski definition) is 9. The summed E-state index contributed by atoms with van der Waals surface area (Å²) < 4.78 is 0. The molecule has 0 aliphatic carbocycles. The van der Waals surface area contributed by atoms with Gasteiger partial charge in [0.25, 0.3) is 0 Å². The minimum absolute atomic E-state index is 0.117. The van der Waals surface area contributed by atoms with Gasteiger partial charge in [0, 0.05) is 50.1 Å². The lowest BCUT2D eigenvalue weighted by Gasteiger charge is -2.02. The van der Waals surface area contributed by atoms with Gasteiger partial charge in [0.1, 0.15) is 0 Å². The van der Waals surface area contributed by atoms with Crippen molar-refractivity contribution in [3.05, 3.63) is 214 Å². The first kappa shape index (κ1) is 45.2. The summed E-state index contributed by atoms with van der Waals surface area (Å²) >= 11 is 12.0. The minimum atomic E-state index is -1.03. The predicted octanol–water partition coefficient (Wildman–Crippen LogP) is 8.99. The maximum atomic E-state index is 12.0. The molecule has 6 aromatic carbocycles. The van der Waals surface area contributed by atoms with Gasteiger partial charge in [0.15, 0.2) is 17.3 Å². The van der Waals surface area contributed by atoms with Crippen LogP contribution in [0, 0.1) is 0 Å². The van der Waals surface area contributed by atoms with Gasteiger partial charge in [-0.25, -0.2) is 14.4 Å². The van der Waals surface area contributed by atoms with Crippen molar-refractivity contribution in [2.45, 2.75) is 5.25 Å². The van der Waals surface area contributed by atoms with Crippen molar-refractivity contribution in [3.8, 4) is 0 Å². The molecule has 0 heterocycles. The van der Waals surface area contributed by atoms with Crippen LogP contribution in [0.1, 0.15) is 78.8 Å². The molecule has 0 saturated carbocycles. The Morgan fingerprint density at radius 2 is 0.561 bits per heavy atom. The minimum Gasteiger partial charge on any atom is -0.478 e. The fraction of sp³-hybridized carbons (Fsp3) is 0.0667. The van der Waals surface area contributed by atoms with Crippen LogP contribution < -0.4 is 0 Å². The number of carboxylic acids is 3. The maximum Gasteiger partial charge on any atom is 0.335 e. The van der Waals surface area contributed by atoms with E-state index in [1.807, 2.05) is 18.2 Å². The third-order valence-electron chi connectivity index (χ3n) is 7.64. The molecule has 0 fully saturated rings. The number of hydrogen-bond donors (Lipinski definition) is 6. The zero-order valence-corrected chi connectivity index (χ0v) is 32.9. The Morgan fingerprint density at radius 3 is 0.754 bits per heavy atom. The van der Waals surface area contributed by atoms with Crippen LogP contribution in [0.4, 0.5) is 0 Å². The molecule has 0 aliphatic heterocycles. The van der Waals surface area contributed by atoms with Gasteiger partial charge in [0.2, 0.25) is 0 Å². The van der Waals surface area contributed by atoms with E-state index in [1.54, 1.807) is 109 Å². The Balaban J connectivity index is 0.000000214. The number of benzene rings is 6. The van der Waals surface area contributed by atoms with Gasteiger partial charge in [-0.05, 0) is 36.4 Å². The highest BCUT2D eigenvalue weighted by atomic mass is 32.1. The van der Waals surface area contributed by atoms with E-state index in [4.69, 9.17) is 15.3 Å². The molecule has 57 heavy (non-hydrogen) atoms. The van der Waals surface area contributed by atoms with Crippen molar-refractivity contribution in [2.24, 2.45) is 0 Å². The van der Waals surface area contributed by atoms with Gasteiger partial charge >= 0.3 is 17.9 Å². The average molecular weight is 819 g/mol. The van der Waals surface area contributed by atoms with E-state index in [-0.39, 0.29) is 34.0 Å². The lowest BCUT2D eigenvalue weighted by Crippen LogP contribution is -2.03. The number of carbonyl (C=O) groups excluding carboxylic acids is 3. The molecule has 0 amide bonds. The summed E-state index contributed by atoms with van der Waals surface area (Å²) in [5.74, 6) is -2.00. The molecule has 290 valence electrons. The fourth-order valence-corrected chi connectivity index (χ4v) is 5.17. The molecule has 0 aliphatic rings. The number of carboxylic acid groups (broad SMARTS) is 3. The normalized spacial score (nSPS) is 9.89. The first-order valence-corrected chi connectivity index (χ1v) is 18.8. The van der Waals surface area contributed by atoms with Crippen LogP contribution in [0.25, 0.3) is 0 Å². The van der Waals surface area contributed by atoms with Gasteiger partial charge in [0.05, 0.1) is 16.7 Å². The average Bonchev–Trinajstić information content (AvgIpc) is 3.27. The molecule has 3 N–H and O–H groups in total. The highest BCUT2D eigenvalue weighted by Crippen LogP contribution is 2.14. The van der Waals surface area contributed by atoms with Crippen LogP contribution >= 0.6 is 37.9 Å². The quantitative estimate of drug-likeness (QED) is 0.0554. The van der Waals surface area contributed by atoms with E-state index in [9.17, 15) is 28.8 Å². The molecule has 6 rings (SSSR count). The first-order chi connectivity index (χ1) is 27.4. The standard InChI is InChI=1S/3C14H10O3.C3H8S3/c3*15-13(10-5-2-1-3-6-10)11-7-4-8-12(9-11)14(16)17;4-1-3(6)2-5/h3*1-9H,(H,16,17);3-6H,1-2H2. The van der Waals surface area contributed by atoms with Crippen molar-refractivity contribution in [3.63, 3.8) is 0 Å². The molecule has 0 atom stereocenters. The van der Waals surface area contributed by atoms with E-state index in [0.717, 1.165) is 11.5 Å². The topological polar surface area (TPSA) is 163 Å². The van der Waals surface area contributed by atoms with Crippen LogP contribution in [0.5, 0.6) is 0 Å². The Bertz CT molecular complexity index is 2030. The molecule has 0 aromatic heterocycles. The van der Waals surface area contributed by atoms with E-state index in [1.165, 1.54) is 36.4 Å². The molecule has 6 aromatic rings. The molecular weight excluding hydrogens is 781 g/mol. The fourth-order valence-electron chi connectivity index (χ4n) is 4.71. The largest absolute Gasteiger partial charge is 0.478 e. The molecule has 0 radical (unpaired) electrons. The summed E-state index contributed by atoms with van der Waals surface area (Å²) in [6.07, 6.45) is 0. The van der Waals surface area contributed by atoms with Gasteiger partial charge in [-0.15, -0.1) is 0 Å². The highest BCUT2D eigenvalue weighted by molar-refractivity contribution is 7.86.